The van der Waals surface area contributed by atoms with Crippen LogP contribution in [0.1, 0.15) is 5.69 Å². The number of thiazole rings is 1. The number of nitrogens with zero attached hydrogens (tertiary/aromatic N) is 3. The fraction of sp³-hybridized carbons (Fsp3) is 0.150. The zero-order valence-corrected chi connectivity index (χ0v) is 16.5. The predicted octanol–water partition coefficient (Wildman–Crippen LogP) is 4.36. The van der Waals surface area contributed by atoms with Gasteiger partial charge in [0.05, 0.1) is 29.3 Å². The standard InChI is InChI=1S/C20H17N3O2S2/c1-23-19(24)14-7-3-5-9-16(14)22-20(23)27-12-13-11-26-18(21-13)15-8-4-6-10-17(15)25-2/h3-11H,12H2,1-2H3. The molecule has 0 bridgehead atoms. The lowest BCUT2D eigenvalue weighted by Gasteiger charge is -2.07. The third-order valence-electron chi connectivity index (χ3n) is 4.18. The monoisotopic (exact) mass is 395 g/mol. The summed E-state index contributed by atoms with van der Waals surface area (Å²) in [5.74, 6) is 1.45. The summed E-state index contributed by atoms with van der Waals surface area (Å²) in [6, 6.07) is 15.3. The highest BCUT2D eigenvalue weighted by Crippen LogP contribution is 2.33. The Balaban J connectivity index is 1.58. The third-order valence-corrected chi connectivity index (χ3v) is 6.17. The lowest BCUT2D eigenvalue weighted by molar-refractivity contribution is 0.416. The number of hydrogen-bond acceptors (Lipinski definition) is 6. The maximum atomic E-state index is 12.5. The molecule has 0 spiro atoms. The zero-order chi connectivity index (χ0) is 18.8. The molecule has 0 unspecified atom stereocenters. The summed E-state index contributed by atoms with van der Waals surface area (Å²) in [6.07, 6.45) is 0. The largest absolute Gasteiger partial charge is 0.496 e. The van der Waals surface area contributed by atoms with E-state index in [1.165, 1.54) is 11.8 Å². The van der Waals surface area contributed by atoms with Gasteiger partial charge >= 0.3 is 0 Å². The lowest BCUT2D eigenvalue weighted by atomic mass is 10.2. The molecule has 0 aliphatic rings. The number of methoxy groups -OCH3 is 1. The van der Waals surface area contributed by atoms with Crippen LogP contribution in [-0.2, 0) is 12.8 Å². The number of aromatic nitrogens is 3. The van der Waals surface area contributed by atoms with Crippen molar-refractivity contribution in [1.29, 1.82) is 0 Å². The van der Waals surface area contributed by atoms with Crippen molar-refractivity contribution in [3.63, 3.8) is 0 Å². The number of fused-ring (bicyclic) bond motifs is 1. The number of rotatable bonds is 5. The molecule has 2 heterocycles. The quantitative estimate of drug-likeness (QED) is 0.371. The van der Waals surface area contributed by atoms with E-state index >= 15 is 0 Å². The van der Waals surface area contributed by atoms with Crippen LogP contribution in [0.3, 0.4) is 0 Å². The molecular formula is C20H17N3O2S2. The molecule has 136 valence electrons. The molecule has 0 N–H and O–H groups in total. The number of ether oxygens (including phenoxy) is 1. The average Bonchev–Trinajstić information content (AvgIpc) is 3.18. The van der Waals surface area contributed by atoms with E-state index in [-0.39, 0.29) is 5.56 Å². The van der Waals surface area contributed by atoms with E-state index < -0.39 is 0 Å². The minimum atomic E-state index is -0.0314. The first-order valence-electron chi connectivity index (χ1n) is 8.33. The molecule has 27 heavy (non-hydrogen) atoms. The summed E-state index contributed by atoms with van der Waals surface area (Å²) in [5.41, 5.74) is 2.62. The summed E-state index contributed by atoms with van der Waals surface area (Å²) in [5, 5.41) is 4.28. The lowest BCUT2D eigenvalue weighted by Crippen LogP contribution is -2.19. The van der Waals surface area contributed by atoms with Crippen LogP contribution < -0.4 is 10.3 Å². The summed E-state index contributed by atoms with van der Waals surface area (Å²) < 4.78 is 7.02. The van der Waals surface area contributed by atoms with Gasteiger partial charge in [-0.05, 0) is 24.3 Å². The molecule has 0 aliphatic heterocycles. The van der Waals surface area contributed by atoms with Crippen molar-refractivity contribution in [3.05, 3.63) is 70.0 Å². The van der Waals surface area contributed by atoms with Gasteiger partial charge in [-0.25, -0.2) is 9.97 Å². The first-order chi connectivity index (χ1) is 13.2. The second-order valence-corrected chi connectivity index (χ2v) is 7.71. The van der Waals surface area contributed by atoms with Gasteiger partial charge in [-0.15, -0.1) is 11.3 Å². The van der Waals surface area contributed by atoms with E-state index in [1.807, 2.05) is 47.8 Å². The van der Waals surface area contributed by atoms with Crippen LogP contribution in [0.5, 0.6) is 5.75 Å². The van der Waals surface area contributed by atoms with E-state index in [0.29, 0.717) is 16.3 Å². The molecule has 0 saturated carbocycles. The molecule has 0 atom stereocenters. The summed E-state index contributed by atoms with van der Waals surface area (Å²) >= 11 is 3.10. The van der Waals surface area contributed by atoms with Gasteiger partial charge in [0.25, 0.3) is 5.56 Å². The number of thioether (sulfide) groups is 1. The smallest absolute Gasteiger partial charge is 0.261 e. The van der Waals surface area contributed by atoms with Crippen molar-refractivity contribution in [3.8, 4) is 16.3 Å². The highest BCUT2D eigenvalue weighted by Gasteiger charge is 2.12. The number of hydrogen-bond donors (Lipinski definition) is 0. The van der Waals surface area contributed by atoms with E-state index in [1.54, 1.807) is 36.1 Å². The van der Waals surface area contributed by atoms with Crippen LogP contribution >= 0.6 is 23.1 Å². The van der Waals surface area contributed by atoms with E-state index in [2.05, 4.69) is 4.98 Å². The van der Waals surface area contributed by atoms with Crippen molar-refractivity contribution in [2.75, 3.05) is 7.11 Å². The highest BCUT2D eigenvalue weighted by molar-refractivity contribution is 7.98. The molecule has 0 radical (unpaired) electrons. The molecule has 0 saturated heterocycles. The summed E-state index contributed by atoms with van der Waals surface area (Å²) in [4.78, 5) is 21.8. The summed E-state index contributed by atoms with van der Waals surface area (Å²) in [6.45, 7) is 0. The molecule has 7 heteroatoms. The van der Waals surface area contributed by atoms with Crippen molar-refractivity contribution in [2.24, 2.45) is 7.05 Å². The van der Waals surface area contributed by atoms with Crippen molar-refractivity contribution >= 4 is 34.0 Å². The Labute approximate surface area is 164 Å². The minimum absolute atomic E-state index is 0.0314. The van der Waals surface area contributed by atoms with Crippen LogP contribution in [0.15, 0.2) is 63.9 Å². The Morgan fingerprint density at radius 2 is 1.89 bits per heavy atom. The Morgan fingerprint density at radius 3 is 2.74 bits per heavy atom. The van der Waals surface area contributed by atoms with Gasteiger partial charge in [-0.3, -0.25) is 9.36 Å². The summed E-state index contributed by atoms with van der Waals surface area (Å²) in [7, 11) is 3.42. The van der Waals surface area contributed by atoms with Crippen LogP contribution in [0.2, 0.25) is 0 Å². The average molecular weight is 396 g/mol. The molecule has 2 aromatic heterocycles. The number of benzene rings is 2. The van der Waals surface area contributed by atoms with Crippen molar-refractivity contribution < 1.29 is 4.74 Å². The molecule has 4 aromatic rings. The molecule has 0 aliphatic carbocycles. The van der Waals surface area contributed by atoms with Gasteiger partial charge in [0.1, 0.15) is 10.8 Å². The maximum Gasteiger partial charge on any atom is 0.261 e. The number of para-hydroxylation sites is 2. The van der Waals surface area contributed by atoms with Gasteiger partial charge in [0.15, 0.2) is 5.16 Å². The zero-order valence-electron chi connectivity index (χ0n) is 14.9. The van der Waals surface area contributed by atoms with Crippen molar-refractivity contribution in [2.45, 2.75) is 10.9 Å². The van der Waals surface area contributed by atoms with E-state index in [0.717, 1.165) is 27.5 Å². The molecule has 0 fully saturated rings. The second-order valence-electron chi connectivity index (χ2n) is 5.91. The molecule has 2 aromatic carbocycles. The SMILES string of the molecule is COc1ccccc1-c1nc(CSc2nc3ccccc3c(=O)n2C)cs1. The molecule has 0 amide bonds. The first-order valence-corrected chi connectivity index (χ1v) is 10.2. The maximum absolute atomic E-state index is 12.5. The van der Waals surface area contributed by atoms with Gasteiger partial charge in [0, 0.05) is 18.2 Å². The Hall–Kier alpha value is -2.64. The Bertz CT molecular complexity index is 1170. The van der Waals surface area contributed by atoms with Crippen molar-refractivity contribution in [1.82, 2.24) is 14.5 Å². The fourth-order valence-corrected chi connectivity index (χ4v) is 4.60. The molecule has 5 nitrogen and oxygen atoms in total. The minimum Gasteiger partial charge on any atom is -0.496 e. The van der Waals surface area contributed by atoms with E-state index in [9.17, 15) is 4.79 Å². The van der Waals surface area contributed by atoms with Gasteiger partial charge < -0.3 is 4.74 Å². The van der Waals surface area contributed by atoms with Gasteiger partial charge in [-0.1, -0.05) is 36.0 Å². The molecule has 4 rings (SSSR count). The van der Waals surface area contributed by atoms with Crippen LogP contribution in [0, 0.1) is 0 Å². The Kier molecular flexibility index (Phi) is 4.96. The first kappa shape index (κ1) is 17.8. The molecular weight excluding hydrogens is 378 g/mol. The second kappa shape index (κ2) is 7.54. The van der Waals surface area contributed by atoms with Crippen LogP contribution in [0.4, 0.5) is 0 Å². The van der Waals surface area contributed by atoms with Crippen LogP contribution in [0.25, 0.3) is 21.5 Å². The van der Waals surface area contributed by atoms with Crippen LogP contribution in [-0.4, -0.2) is 21.6 Å². The van der Waals surface area contributed by atoms with E-state index in [4.69, 9.17) is 9.72 Å². The van der Waals surface area contributed by atoms with Gasteiger partial charge in [-0.2, -0.15) is 0 Å². The normalized spacial score (nSPS) is 11.0. The Morgan fingerprint density at radius 1 is 1.11 bits per heavy atom. The predicted molar refractivity (Wildman–Crippen MR) is 111 cm³/mol. The third kappa shape index (κ3) is 3.48. The topological polar surface area (TPSA) is 57.0 Å². The van der Waals surface area contributed by atoms with Gasteiger partial charge in [0.2, 0.25) is 0 Å². The fourth-order valence-electron chi connectivity index (χ4n) is 2.78. The highest BCUT2D eigenvalue weighted by atomic mass is 32.2.